The Bertz CT molecular complexity index is 450. The third-order valence-electron chi connectivity index (χ3n) is 4.14. The fourth-order valence-corrected chi connectivity index (χ4v) is 2.97. The summed E-state index contributed by atoms with van der Waals surface area (Å²) in [5, 5.41) is 13.3. The summed E-state index contributed by atoms with van der Waals surface area (Å²) in [5.74, 6) is 0.578. The van der Waals surface area contributed by atoms with Crippen molar-refractivity contribution in [1.82, 2.24) is 5.32 Å². The maximum atomic E-state index is 12.1. The Hall–Kier alpha value is -1.00. The highest BCUT2D eigenvalue weighted by molar-refractivity contribution is 7.98. The molecule has 1 fully saturated rings. The Morgan fingerprint density at radius 3 is 2.50 bits per heavy atom. The molecule has 1 amide bonds. The van der Waals surface area contributed by atoms with E-state index in [0.717, 1.165) is 30.6 Å². The molecule has 2 rings (SSSR count). The van der Waals surface area contributed by atoms with Gasteiger partial charge in [0.2, 0.25) is 0 Å². The first-order valence-electron chi connectivity index (χ1n) is 7.17. The number of nitrogens with one attached hydrogen (secondary N) is 1. The number of hydrogen-bond donors (Lipinski definition) is 2. The zero-order valence-electron chi connectivity index (χ0n) is 12.2. The van der Waals surface area contributed by atoms with E-state index in [4.69, 9.17) is 0 Å². The van der Waals surface area contributed by atoms with Crippen LogP contribution < -0.4 is 5.32 Å². The third kappa shape index (κ3) is 4.00. The van der Waals surface area contributed by atoms with Crippen molar-refractivity contribution in [1.29, 1.82) is 0 Å². The summed E-state index contributed by atoms with van der Waals surface area (Å²) in [6, 6.07) is 7.54. The van der Waals surface area contributed by atoms with Gasteiger partial charge in [-0.3, -0.25) is 4.79 Å². The fourth-order valence-electron chi connectivity index (χ4n) is 2.57. The molecule has 1 aliphatic rings. The molecule has 0 atom stereocenters. The summed E-state index contributed by atoms with van der Waals surface area (Å²) in [6.45, 7) is 2.56. The lowest BCUT2D eigenvalue weighted by atomic mass is 9.79. The van der Waals surface area contributed by atoms with Crippen molar-refractivity contribution in [2.75, 3.05) is 12.8 Å². The zero-order chi connectivity index (χ0) is 14.6. The summed E-state index contributed by atoms with van der Waals surface area (Å²) in [5.41, 5.74) is -0.0722. The molecule has 2 N–H and O–H groups in total. The molecule has 0 aromatic heterocycles. The van der Waals surface area contributed by atoms with E-state index in [1.54, 1.807) is 11.8 Å². The molecule has 0 bridgehead atoms. The molecular weight excluding hydrogens is 270 g/mol. The molecule has 0 saturated heterocycles. The summed E-state index contributed by atoms with van der Waals surface area (Å²) < 4.78 is 0. The van der Waals surface area contributed by atoms with E-state index in [1.807, 2.05) is 30.5 Å². The third-order valence-corrected chi connectivity index (χ3v) is 4.88. The van der Waals surface area contributed by atoms with Gasteiger partial charge < -0.3 is 10.4 Å². The van der Waals surface area contributed by atoms with Gasteiger partial charge in [0.25, 0.3) is 5.91 Å². The molecule has 0 radical (unpaired) electrons. The standard InChI is InChI=1S/C16H23NO2S/c1-12-7-9-16(19,10-8-12)11-17-15(18)13-3-5-14(20-2)6-4-13/h3-6,12,19H,7-11H2,1-2H3,(H,17,18). The Morgan fingerprint density at radius 2 is 1.95 bits per heavy atom. The van der Waals surface area contributed by atoms with E-state index in [-0.39, 0.29) is 5.91 Å². The first-order valence-corrected chi connectivity index (χ1v) is 8.39. The number of benzene rings is 1. The molecule has 1 aliphatic carbocycles. The van der Waals surface area contributed by atoms with Crippen molar-refractivity contribution in [3.8, 4) is 0 Å². The summed E-state index contributed by atoms with van der Waals surface area (Å²) in [7, 11) is 0. The molecule has 1 aromatic rings. The van der Waals surface area contributed by atoms with Gasteiger partial charge in [-0.25, -0.2) is 0 Å². The van der Waals surface area contributed by atoms with Crippen molar-refractivity contribution >= 4 is 17.7 Å². The van der Waals surface area contributed by atoms with Crippen LogP contribution in [0.2, 0.25) is 0 Å². The molecule has 0 unspecified atom stereocenters. The number of rotatable bonds is 4. The second-order valence-electron chi connectivity index (χ2n) is 5.82. The van der Waals surface area contributed by atoms with Gasteiger partial charge in [0.1, 0.15) is 0 Å². The highest BCUT2D eigenvalue weighted by Gasteiger charge is 2.32. The smallest absolute Gasteiger partial charge is 0.251 e. The van der Waals surface area contributed by atoms with Crippen LogP contribution in [-0.2, 0) is 0 Å². The van der Waals surface area contributed by atoms with Crippen LogP contribution in [0.1, 0.15) is 43.0 Å². The topological polar surface area (TPSA) is 49.3 Å². The second kappa shape index (κ2) is 6.64. The van der Waals surface area contributed by atoms with Crippen molar-refractivity contribution in [3.63, 3.8) is 0 Å². The molecule has 110 valence electrons. The first kappa shape index (κ1) is 15.4. The largest absolute Gasteiger partial charge is 0.388 e. The van der Waals surface area contributed by atoms with E-state index in [9.17, 15) is 9.90 Å². The lowest BCUT2D eigenvalue weighted by molar-refractivity contribution is -0.00539. The molecule has 0 spiro atoms. The van der Waals surface area contributed by atoms with Gasteiger partial charge in [-0.1, -0.05) is 6.92 Å². The monoisotopic (exact) mass is 293 g/mol. The number of carbonyl (C=O) groups excluding carboxylic acids is 1. The molecule has 4 heteroatoms. The minimum absolute atomic E-state index is 0.107. The maximum absolute atomic E-state index is 12.1. The van der Waals surface area contributed by atoms with Crippen LogP contribution in [0.4, 0.5) is 0 Å². The molecule has 0 heterocycles. The molecule has 0 aliphatic heterocycles. The van der Waals surface area contributed by atoms with Gasteiger partial charge >= 0.3 is 0 Å². The molecule has 20 heavy (non-hydrogen) atoms. The predicted molar refractivity (Wildman–Crippen MR) is 83.1 cm³/mol. The predicted octanol–water partition coefficient (Wildman–Crippen LogP) is 3.08. The number of carbonyl (C=O) groups is 1. The van der Waals surface area contributed by atoms with Gasteiger partial charge in [0, 0.05) is 17.0 Å². The van der Waals surface area contributed by atoms with E-state index in [1.165, 1.54) is 0 Å². The Labute approximate surface area is 125 Å². The van der Waals surface area contributed by atoms with Crippen LogP contribution in [0.3, 0.4) is 0 Å². The van der Waals surface area contributed by atoms with Crippen LogP contribution in [0.15, 0.2) is 29.2 Å². The van der Waals surface area contributed by atoms with Crippen molar-refractivity contribution in [2.45, 2.75) is 43.1 Å². The van der Waals surface area contributed by atoms with Gasteiger partial charge in [-0.2, -0.15) is 0 Å². The van der Waals surface area contributed by atoms with Gasteiger partial charge in [-0.05, 0) is 62.1 Å². The quantitative estimate of drug-likeness (QED) is 0.839. The maximum Gasteiger partial charge on any atom is 0.251 e. The molecule has 1 saturated carbocycles. The zero-order valence-corrected chi connectivity index (χ0v) is 13.0. The SMILES string of the molecule is CSc1ccc(C(=O)NCC2(O)CCC(C)CC2)cc1. The fraction of sp³-hybridized carbons (Fsp3) is 0.562. The minimum atomic E-state index is -0.721. The molecule has 1 aromatic carbocycles. The number of amides is 1. The van der Waals surface area contributed by atoms with E-state index >= 15 is 0 Å². The lowest BCUT2D eigenvalue weighted by Gasteiger charge is -2.34. The average molecular weight is 293 g/mol. The van der Waals surface area contributed by atoms with Gasteiger partial charge in [0.05, 0.1) is 5.60 Å². The van der Waals surface area contributed by atoms with Crippen molar-refractivity contribution in [3.05, 3.63) is 29.8 Å². The summed E-state index contributed by atoms with van der Waals surface area (Å²) in [6.07, 6.45) is 5.64. The van der Waals surface area contributed by atoms with E-state index < -0.39 is 5.60 Å². The van der Waals surface area contributed by atoms with E-state index in [2.05, 4.69) is 12.2 Å². The first-order chi connectivity index (χ1) is 9.52. The second-order valence-corrected chi connectivity index (χ2v) is 6.70. The van der Waals surface area contributed by atoms with Crippen LogP contribution in [0, 0.1) is 5.92 Å². The average Bonchev–Trinajstić information content (AvgIpc) is 2.48. The Morgan fingerprint density at radius 1 is 1.35 bits per heavy atom. The number of hydrogen-bond acceptors (Lipinski definition) is 3. The lowest BCUT2D eigenvalue weighted by Crippen LogP contribution is -2.45. The summed E-state index contributed by atoms with van der Waals surface area (Å²) >= 11 is 1.65. The summed E-state index contributed by atoms with van der Waals surface area (Å²) in [4.78, 5) is 13.2. The van der Waals surface area contributed by atoms with E-state index in [0.29, 0.717) is 18.0 Å². The normalized spacial score (nSPS) is 26.2. The van der Waals surface area contributed by atoms with Crippen LogP contribution >= 0.6 is 11.8 Å². The molecular formula is C16H23NO2S. The van der Waals surface area contributed by atoms with Gasteiger partial charge in [-0.15, -0.1) is 11.8 Å². The van der Waals surface area contributed by atoms with Crippen molar-refractivity contribution < 1.29 is 9.90 Å². The van der Waals surface area contributed by atoms with Crippen LogP contribution in [0.25, 0.3) is 0 Å². The minimum Gasteiger partial charge on any atom is -0.388 e. The highest BCUT2D eigenvalue weighted by Crippen LogP contribution is 2.31. The van der Waals surface area contributed by atoms with Crippen molar-refractivity contribution in [2.24, 2.45) is 5.92 Å². The molecule has 3 nitrogen and oxygen atoms in total. The highest BCUT2D eigenvalue weighted by atomic mass is 32.2. The number of aliphatic hydroxyl groups is 1. The number of thioether (sulfide) groups is 1. The Kier molecular flexibility index (Phi) is 5.11. The van der Waals surface area contributed by atoms with Crippen LogP contribution in [0.5, 0.6) is 0 Å². The Balaban J connectivity index is 1.88. The van der Waals surface area contributed by atoms with Crippen LogP contribution in [-0.4, -0.2) is 29.4 Å². The van der Waals surface area contributed by atoms with Gasteiger partial charge in [0.15, 0.2) is 0 Å².